The van der Waals surface area contributed by atoms with Crippen molar-refractivity contribution >= 4 is 28.2 Å². The summed E-state index contributed by atoms with van der Waals surface area (Å²) in [6.07, 6.45) is 0.308. The Labute approximate surface area is 238 Å². The molecule has 0 bridgehead atoms. The molecule has 0 saturated carbocycles. The van der Waals surface area contributed by atoms with Crippen LogP contribution in [0.4, 0.5) is 0 Å². The van der Waals surface area contributed by atoms with Gasteiger partial charge in [-0.05, 0) is 14.1 Å². The van der Waals surface area contributed by atoms with E-state index in [0.29, 0.717) is 17.5 Å². The maximum atomic E-state index is 13.8. The number of aromatic hydroxyl groups is 1. The Hall–Kier alpha value is -2.48. The van der Waals surface area contributed by atoms with Crippen LogP contribution in [0.25, 0.3) is 10.8 Å². The van der Waals surface area contributed by atoms with Gasteiger partial charge in [0.05, 0.1) is 6.04 Å². The molecular formula is C26H25N3O7Rh2. The van der Waals surface area contributed by atoms with Crippen LogP contribution < -0.4 is 5.73 Å². The normalized spacial score (nSPS) is 27.2. The Morgan fingerprint density at radius 1 is 1.16 bits per heavy atom. The average Bonchev–Trinajstić information content (AvgIpc) is 2.81. The van der Waals surface area contributed by atoms with Gasteiger partial charge in [-0.15, -0.1) is 0 Å². The van der Waals surface area contributed by atoms with Crippen LogP contribution in [-0.2, 0) is 59.6 Å². The Balaban J connectivity index is 1.70. The summed E-state index contributed by atoms with van der Waals surface area (Å²) >= 11 is 5.43. The number of phenolic OH excluding ortho intramolecular Hbond substituents is 1. The number of aliphatic hydroxyl groups excluding tert-OH is 2. The summed E-state index contributed by atoms with van der Waals surface area (Å²) in [6, 6.07) is 6.36. The van der Waals surface area contributed by atoms with Crippen molar-refractivity contribution in [2.75, 3.05) is 14.1 Å². The Bertz CT molecular complexity index is 1500. The number of carbonyl (C=O) groups is 3. The first-order valence-corrected chi connectivity index (χ1v) is 13.2. The summed E-state index contributed by atoms with van der Waals surface area (Å²) in [5, 5.41) is 46.3. The third kappa shape index (κ3) is 3.80. The second kappa shape index (κ2) is 9.32. The van der Waals surface area contributed by atoms with Gasteiger partial charge in [0.25, 0.3) is 5.91 Å². The number of amides is 1. The van der Waals surface area contributed by atoms with Crippen molar-refractivity contribution in [2.24, 2.45) is 17.6 Å². The number of fused-ring (bicyclic) bond motifs is 4. The first-order valence-electron chi connectivity index (χ1n) is 11.8. The van der Waals surface area contributed by atoms with Crippen LogP contribution in [0.2, 0.25) is 0 Å². The van der Waals surface area contributed by atoms with Crippen molar-refractivity contribution in [1.82, 2.24) is 7.29 Å². The van der Waals surface area contributed by atoms with Crippen LogP contribution in [0.5, 0.6) is 5.75 Å². The number of phenols is 1. The van der Waals surface area contributed by atoms with Gasteiger partial charge in [-0.2, -0.15) is 0 Å². The molecule has 38 heavy (non-hydrogen) atoms. The quantitative estimate of drug-likeness (QED) is 0.232. The molecule has 0 radical (unpaired) electrons. The zero-order valence-electron chi connectivity index (χ0n) is 20.3. The van der Waals surface area contributed by atoms with E-state index in [1.54, 1.807) is 22.5 Å². The summed E-state index contributed by atoms with van der Waals surface area (Å²) in [6.45, 7) is 0.528. The first-order chi connectivity index (χ1) is 17.8. The van der Waals surface area contributed by atoms with E-state index < -0.39 is 58.0 Å². The number of nitrogens with two attached hydrogens (primary N) is 1. The van der Waals surface area contributed by atoms with E-state index in [1.807, 2.05) is 18.2 Å². The van der Waals surface area contributed by atoms with Crippen molar-refractivity contribution < 1.29 is 71.9 Å². The molecule has 0 saturated heterocycles. The number of benzene rings is 2. The van der Waals surface area contributed by atoms with Crippen LogP contribution in [-0.4, -0.2) is 70.9 Å². The van der Waals surface area contributed by atoms with Crippen LogP contribution in [0.15, 0.2) is 46.9 Å². The van der Waals surface area contributed by atoms with Crippen molar-refractivity contribution in [3.63, 3.8) is 0 Å². The fourth-order valence-electron chi connectivity index (χ4n) is 6.28. The molecule has 0 fully saturated rings. The van der Waals surface area contributed by atoms with Gasteiger partial charge in [0.15, 0.2) is 0 Å². The molecule has 1 amide bonds. The summed E-state index contributed by atoms with van der Waals surface area (Å²) in [4.78, 5) is 40.8. The van der Waals surface area contributed by atoms with Crippen molar-refractivity contribution in [3.05, 3.63) is 63.6 Å². The van der Waals surface area contributed by atoms with Crippen molar-refractivity contribution in [2.45, 2.75) is 31.0 Å². The van der Waals surface area contributed by atoms with E-state index in [9.17, 15) is 34.8 Å². The molecule has 3 aliphatic carbocycles. The third-order valence-corrected chi connectivity index (χ3v) is 8.40. The van der Waals surface area contributed by atoms with Gasteiger partial charge in [-0.3, -0.25) is 14.5 Å². The number of rotatable bonds is 4. The predicted molar refractivity (Wildman–Crippen MR) is 127 cm³/mol. The van der Waals surface area contributed by atoms with Gasteiger partial charge in [0.1, 0.15) is 11.3 Å². The van der Waals surface area contributed by atoms with Gasteiger partial charge >= 0.3 is 177 Å². The fraction of sp³-hybridized carbons (Fsp3) is 0.346. The van der Waals surface area contributed by atoms with Crippen LogP contribution in [0.1, 0.15) is 27.9 Å². The number of hydrogen-bond donors (Lipinski definition) is 5. The van der Waals surface area contributed by atoms with Gasteiger partial charge in [-0.1, -0.05) is 0 Å². The molecule has 0 heterocycles. The monoisotopic (exact) mass is 697 g/mol. The molecule has 4 atom stereocenters. The molecule has 2 aromatic rings. The van der Waals surface area contributed by atoms with E-state index in [0.717, 1.165) is 10.9 Å². The molecule has 12 heteroatoms. The number of Topliss-reactive ketones (excluding diaryl/α,β-unsaturated/α-hetero) is 2. The summed E-state index contributed by atoms with van der Waals surface area (Å²) < 4.78 is 1.76. The minimum absolute atomic E-state index is 0.000403. The molecule has 6 N–H and O–H groups in total. The second-order valence-electron chi connectivity index (χ2n) is 10.2. The zero-order chi connectivity index (χ0) is 27.8. The van der Waals surface area contributed by atoms with E-state index in [1.165, 1.54) is 4.90 Å². The number of carbonyl (C=O) groups excluding carboxylic acids is 3. The molecule has 0 aliphatic heterocycles. The number of ketones is 2. The Morgan fingerprint density at radius 3 is 2.45 bits per heavy atom. The van der Waals surface area contributed by atoms with Gasteiger partial charge < -0.3 is 10.8 Å². The predicted octanol–water partition coefficient (Wildman–Crippen LogP) is 0.999. The Kier molecular flexibility index (Phi) is 6.64. The topological polar surface area (TPSA) is 165 Å². The first kappa shape index (κ1) is 27.1. The molecule has 10 nitrogen and oxygen atoms in total. The van der Waals surface area contributed by atoms with E-state index in [4.69, 9.17) is 5.73 Å². The molecule has 204 valence electrons. The van der Waals surface area contributed by atoms with Gasteiger partial charge in [0, 0.05) is 0 Å². The number of aliphatic hydroxyl groups is 3. The summed E-state index contributed by atoms with van der Waals surface area (Å²) in [7, 11) is 3.19. The molecule has 2 aromatic carbocycles. The van der Waals surface area contributed by atoms with Crippen molar-refractivity contribution in [1.29, 1.82) is 0 Å². The fourth-order valence-corrected chi connectivity index (χ4v) is 6.88. The van der Waals surface area contributed by atoms with E-state index in [-0.39, 0.29) is 29.7 Å². The molecular weight excluding hydrogens is 672 g/mol. The minimum atomic E-state index is -2.65. The van der Waals surface area contributed by atoms with Crippen LogP contribution in [0, 0.1) is 11.8 Å². The number of likely N-dealkylation sites (N-methyl/N-ethyl adjacent to an activating group) is 1. The molecule has 0 spiro atoms. The third-order valence-electron chi connectivity index (χ3n) is 7.88. The SMILES string of the molecule is CN(C)[C@@H]1C(O)=C(C(N)=O)C(=O)[C@@]2(O)C(O)=C3C(=O)c4c(cc5ccc(C[N]([Rh])[Rh])cc5c4O)C[C@H]3C[C@@H]12. The van der Waals surface area contributed by atoms with Gasteiger partial charge in [-0.25, -0.2) is 0 Å². The van der Waals surface area contributed by atoms with Crippen LogP contribution in [0.3, 0.4) is 0 Å². The number of hydrogen-bond acceptors (Lipinski definition) is 9. The molecule has 5 rings (SSSR count). The van der Waals surface area contributed by atoms with Crippen molar-refractivity contribution in [3.8, 4) is 5.75 Å². The maximum absolute atomic E-state index is 13.8. The number of nitrogens with zero attached hydrogens (tertiary/aromatic N) is 2. The summed E-state index contributed by atoms with van der Waals surface area (Å²) in [5.41, 5.74) is 3.18. The second-order valence-corrected chi connectivity index (χ2v) is 12.9. The Morgan fingerprint density at radius 2 is 1.84 bits per heavy atom. The standard InChI is InChI=1S/C26H25N3O7.2Rh/c1-29(2)19-15-8-13-7-12-6-11-4-3-10(9-27)5-14(11)20(30)16(12)21(31)17(13)23(33)26(15,36)24(34)18(22(19)32)25(28)35;;/h3-6,13,15,19,30,32-33,36H,7-9H2,1-2H3,(H2,28,35);;/t13-,15-,19-,26-;;/m0../s1. The zero-order valence-corrected chi connectivity index (χ0v) is 23.6. The van der Waals surface area contributed by atoms with E-state index >= 15 is 0 Å². The van der Waals surface area contributed by atoms with E-state index in [2.05, 4.69) is 37.1 Å². The molecule has 0 aromatic heterocycles. The molecule has 0 unspecified atom stereocenters. The average molecular weight is 697 g/mol. The number of allylic oxidation sites excluding steroid dienone is 1. The summed E-state index contributed by atoms with van der Waals surface area (Å²) in [5.74, 6) is -6.56. The van der Waals surface area contributed by atoms with Gasteiger partial charge in [0.2, 0.25) is 0 Å². The van der Waals surface area contributed by atoms with Crippen LogP contribution >= 0.6 is 0 Å². The number of primary amides is 1. The molecule has 3 aliphatic rings.